The molecule has 4 N–H and O–H groups in total. The molecule has 12 nitrogen and oxygen atoms in total. The summed E-state index contributed by atoms with van der Waals surface area (Å²) in [7, 11) is -4.59. The fourth-order valence-electron chi connectivity index (χ4n) is 6.79. The van der Waals surface area contributed by atoms with Crippen molar-refractivity contribution in [3.05, 3.63) is 0 Å². The van der Waals surface area contributed by atoms with E-state index in [-0.39, 0.29) is 19.4 Å². The van der Waals surface area contributed by atoms with Gasteiger partial charge in [-0.25, -0.2) is 0 Å². The van der Waals surface area contributed by atoms with Gasteiger partial charge in [0.15, 0.2) is 12.4 Å². The zero-order valence-corrected chi connectivity index (χ0v) is 34.7. The Labute approximate surface area is 327 Å². The highest BCUT2D eigenvalue weighted by Gasteiger charge is 2.46. The summed E-state index contributed by atoms with van der Waals surface area (Å²) in [5.41, 5.74) is 0. The van der Waals surface area contributed by atoms with Crippen molar-refractivity contribution in [2.24, 2.45) is 0 Å². The van der Waals surface area contributed by atoms with Crippen molar-refractivity contribution in [2.45, 2.75) is 230 Å². The van der Waals surface area contributed by atoms with E-state index in [0.29, 0.717) is 12.8 Å². The molecule has 0 aromatic carbocycles. The largest absolute Gasteiger partial charge is 0.462 e. The minimum atomic E-state index is -4.59. The first kappa shape index (κ1) is 50.7. The number of carbonyl (C=O) groups is 2. The maximum Gasteiger partial charge on any atom is 0.306 e. The number of carbonyl (C=O) groups excluding carboxylic acids is 2. The molecule has 0 spiro atoms. The molecule has 13 heteroatoms. The number of unbranched alkanes of at least 4 members (excludes halogenated alkanes) is 24. The van der Waals surface area contributed by atoms with Crippen molar-refractivity contribution in [1.82, 2.24) is 0 Å². The molecule has 0 aromatic heterocycles. The Kier molecular flexibility index (Phi) is 30.7. The summed E-state index contributed by atoms with van der Waals surface area (Å²) >= 11 is 0. The average molecular weight is 795 g/mol. The standard InChI is InChI=1S/C41H78O12S/c1-3-5-7-9-11-13-15-16-17-18-19-20-22-24-26-28-30-37(43)52-34(31-50-36(42)29-27-25-23-21-14-12-10-8-6-4-2)32-51-41-40(46)39(45)38(44)35(53-41)33-54(47,48)49/h34-35,38-41,44-46H,3-33H2,1-2H3,(H,47,48,49). The van der Waals surface area contributed by atoms with E-state index in [1.54, 1.807) is 0 Å². The van der Waals surface area contributed by atoms with E-state index in [1.165, 1.54) is 116 Å². The zero-order valence-electron chi connectivity index (χ0n) is 33.8. The smallest absolute Gasteiger partial charge is 0.306 e. The number of ether oxygens (including phenoxy) is 4. The molecule has 6 unspecified atom stereocenters. The van der Waals surface area contributed by atoms with Gasteiger partial charge in [0.05, 0.1) is 6.61 Å². The molecule has 54 heavy (non-hydrogen) atoms. The summed E-state index contributed by atoms with van der Waals surface area (Å²) in [4.78, 5) is 25.3. The number of hydrogen-bond donors (Lipinski definition) is 4. The van der Waals surface area contributed by atoms with Crippen molar-refractivity contribution in [3.8, 4) is 0 Å². The van der Waals surface area contributed by atoms with Gasteiger partial charge in [0.1, 0.15) is 36.8 Å². The van der Waals surface area contributed by atoms with Crippen LogP contribution in [0.4, 0.5) is 0 Å². The molecule has 0 aliphatic carbocycles. The summed E-state index contributed by atoms with van der Waals surface area (Å²) < 4.78 is 53.9. The first-order valence-electron chi connectivity index (χ1n) is 21.6. The second kappa shape index (κ2) is 32.7. The molecule has 0 saturated carbocycles. The van der Waals surface area contributed by atoms with Crippen LogP contribution in [0, 0.1) is 0 Å². The lowest BCUT2D eigenvalue weighted by Gasteiger charge is -2.40. The molecule has 1 saturated heterocycles. The van der Waals surface area contributed by atoms with Crippen LogP contribution in [0.3, 0.4) is 0 Å². The first-order chi connectivity index (χ1) is 26.0. The summed E-state index contributed by atoms with van der Waals surface area (Å²) in [6, 6.07) is 0. The van der Waals surface area contributed by atoms with Crippen molar-refractivity contribution >= 4 is 22.1 Å². The molecule has 1 aliphatic rings. The maximum atomic E-state index is 12.8. The SMILES string of the molecule is CCCCCCCCCCCCCCCCCCC(=O)OC(COC(=O)CCCCCCCCCCCC)COC1OC(CS(=O)(=O)O)C(O)C(O)C1O. The molecule has 0 bridgehead atoms. The number of rotatable bonds is 36. The van der Waals surface area contributed by atoms with Gasteiger partial charge in [0.25, 0.3) is 10.1 Å². The van der Waals surface area contributed by atoms with Crippen LogP contribution in [-0.4, -0.2) is 96.0 Å². The molecule has 1 aliphatic heterocycles. The molecule has 0 radical (unpaired) electrons. The second-order valence-electron chi connectivity index (χ2n) is 15.4. The van der Waals surface area contributed by atoms with Crippen LogP contribution >= 0.6 is 0 Å². The Morgan fingerprint density at radius 1 is 0.556 bits per heavy atom. The number of aliphatic hydroxyl groups excluding tert-OH is 3. The number of aliphatic hydroxyl groups is 3. The van der Waals surface area contributed by atoms with Crippen molar-refractivity contribution in [3.63, 3.8) is 0 Å². The lowest BCUT2D eigenvalue weighted by molar-refractivity contribution is -0.297. The quantitative estimate of drug-likeness (QED) is 0.0272. The van der Waals surface area contributed by atoms with Gasteiger partial charge in [0, 0.05) is 12.8 Å². The summed E-state index contributed by atoms with van der Waals surface area (Å²) in [5, 5.41) is 30.8. The predicted molar refractivity (Wildman–Crippen MR) is 211 cm³/mol. The van der Waals surface area contributed by atoms with Gasteiger partial charge in [-0.05, 0) is 12.8 Å². The van der Waals surface area contributed by atoms with Gasteiger partial charge >= 0.3 is 11.9 Å². The lowest BCUT2D eigenvalue weighted by Crippen LogP contribution is -2.60. The van der Waals surface area contributed by atoms with Gasteiger partial charge in [-0.3, -0.25) is 14.1 Å². The number of esters is 2. The van der Waals surface area contributed by atoms with E-state index in [2.05, 4.69) is 13.8 Å². The van der Waals surface area contributed by atoms with Crippen molar-refractivity contribution < 1.29 is 56.8 Å². The van der Waals surface area contributed by atoms with E-state index in [9.17, 15) is 37.9 Å². The molecule has 0 aromatic rings. The summed E-state index contributed by atoms with van der Waals surface area (Å²) in [6.45, 7) is 3.75. The molecule has 1 rings (SSSR count). The third-order valence-corrected chi connectivity index (χ3v) is 10.9. The van der Waals surface area contributed by atoms with Crippen LogP contribution in [0.5, 0.6) is 0 Å². The fourth-order valence-corrected chi connectivity index (χ4v) is 7.49. The Bertz CT molecular complexity index is 1030. The third kappa shape index (κ3) is 27.3. The zero-order chi connectivity index (χ0) is 39.9. The minimum Gasteiger partial charge on any atom is -0.462 e. The fraction of sp³-hybridized carbons (Fsp3) is 0.951. The Hall–Kier alpha value is -1.35. The van der Waals surface area contributed by atoms with Crippen LogP contribution < -0.4 is 0 Å². The minimum absolute atomic E-state index is 0.172. The van der Waals surface area contributed by atoms with Crippen LogP contribution in [0.2, 0.25) is 0 Å². The highest BCUT2D eigenvalue weighted by molar-refractivity contribution is 7.85. The van der Waals surface area contributed by atoms with Crippen molar-refractivity contribution in [1.29, 1.82) is 0 Å². The molecule has 6 atom stereocenters. The Balaban J connectivity index is 2.45. The third-order valence-electron chi connectivity index (χ3n) is 10.2. The van der Waals surface area contributed by atoms with Crippen LogP contribution in [0.15, 0.2) is 0 Å². The molecular formula is C41H78O12S. The van der Waals surface area contributed by atoms with E-state index in [0.717, 1.165) is 38.5 Å². The van der Waals surface area contributed by atoms with Gasteiger partial charge in [-0.15, -0.1) is 0 Å². The van der Waals surface area contributed by atoms with E-state index < -0.39 is 71.2 Å². The first-order valence-corrected chi connectivity index (χ1v) is 23.2. The molecule has 1 fully saturated rings. The van der Waals surface area contributed by atoms with Gasteiger partial charge in [0.2, 0.25) is 0 Å². The van der Waals surface area contributed by atoms with E-state index >= 15 is 0 Å². The summed E-state index contributed by atoms with van der Waals surface area (Å²) in [6.07, 6.45) is 21.6. The van der Waals surface area contributed by atoms with Crippen LogP contribution in [0.25, 0.3) is 0 Å². The monoisotopic (exact) mass is 795 g/mol. The Morgan fingerprint density at radius 3 is 1.35 bits per heavy atom. The predicted octanol–water partition coefficient (Wildman–Crippen LogP) is 8.12. The van der Waals surface area contributed by atoms with Gasteiger partial charge in [-0.2, -0.15) is 8.42 Å². The van der Waals surface area contributed by atoms with Crippen molar-refractivity contribution in [2.75, 3.05) is 19.0 Å². The average Bonchev–Trinajstić information content (AvgIpc) is 3.13. The van der Waals surface area contributed by atoms with Crippen LogP contribution in [0.1, 0.15) is 194 Å². The summed E-state index contributed by atoms with van der Waals surface area (Å²) in [5.74, 6) is -1.97. The topological polar surface area (TPSA) is 186 Å². The van der Waals surface area contributed by atoms with Gasteiger partial charge in [-0.1, -0.05) is 168 Å². The highest BCUT2D eigenvalue weighted by Crippen LogP contribution is 2.24. The molecule has 320 valence electrons. The molecular weight excluding hydrogens is 717 g/mol. The highest BCUT2D eigenvalue weighted by atomic mass is 32.2. The normalized spacial score (nSPS) is 20.9. The second-order valence-corrected chi connectivity index (χ2v) is 16.9. The molecule has 1 heterocycles. The van der Waals surface area contributed by atoms with Gasteiger partial charge < -0.3 is 34.3 Å². The van der Waals surface area contributed by atoms with Crippen LogP contribution in [-0.2, 0) is 38.7 Å². The van der Waals surface area contributed by atoms with E-state index in [4.69, 9.17) is 18.9 Å². The van der Waals surface area contributed by atoms with E-state index in [1.807, 2.05) is 0 Å². The maximum absolute atomic E-state index is 12.8. The lowest BCUT2D eigenvalue weighted by atomic mass is 10.00. The Morgan fingerprint density at radius 2 is 0.944 bits per heavy atom. The molecule has 0 amide bonds. The number of hydrogen-bond acceptors (Lipinski definition) is 11.